The van der Waals surface area contributed by atoms with Gasteiger partial charge in [-0.25, -0.2) is 0 Å². The Hall–Kier alpha value is -1.56. The second-order valence-electron chi connectivity index (χ2n) is 3.91. The average molecular weight is 368 g/mol. The smallest absolute Gasteiger partial charge is 0.196 e. The van der Waals surface area contributed by atoms with Crippen molar-refractivity contribution >= 4 is 28.4 Å². The Labute approximate surface area is 125 Å². The highest BCUT2D eigenvalue weighted by Gasteiger charge is 2.15. The van der Waals surface area contributed by atoms with Crippen molar-refractivity contribution in [2.24, 2.45) is 0 Å². The summed E-state index contributed by atoms with van der Waals surface area (Å²) in [5.41, 5.74) is 1.14. The summed E-state index contributed by atoms with van der Waals surface area (Å²) in [5, 5.41) is 0. The molecule has 98 valence electrons. The van der Waals surface area contributed by atoms with Crippen LogP contribution in [-0.2, 0) is 0 Å². The number of methoxy groups -OCH3 is 2. The van der Waals surface area contributed by atoms with Crippen LogP contribution in [-0.4, -0.2) is 20.0 Å². The van der Waals surface area contributed by atoms with Crippen molar-refractivity contribution in [1.29, 1.82) is 0 Å². The van der Waals surface area contributed by atoms with Gasteiger partial charge in [-0.05, 0) is 52.9 Å². The first-order chi connectivity index (χ1) is 9.15. The largest absolute Gasteiger partial charge is 0.497 e. The lowest BCUT2D eigenvalue weighted by Gasteiger charge is -2.09. The molecule has 0 fully saturated rings. The van der Waals surface area contributed by atoms with E-state index >= 15 is 0 Å². The first kappa shape index (κ1) is 13.9. The molecule has 0 saturated heterocycles. The van der Waals surface area contributed by atoms with Gasteiger partial charge in [0.2, 0.25) is 0 Å². The molecular formula is C15H13IO3. The minimum absolute atomic E-state index is 0.0748. The van der Waals surface area contributed by atoms with Gasteiger partial charge in [-0.1, -0.05) is 12.1 Å². The minimum Gasteiger partial charge on any atom is -0.497 e. The summed E-state index contributed by atoms with van der Waals surface area (Å²) in [5.74, 6) is 1.11. The van der Waals surface area contributed by atoms with Crippen molar-refractivity contribution in [2.75, 3.05) is 14.2 Å². The molecule has 0 unspecified atom stereocenters. The van der Waals surface area contributed by atoms with Crippen LogP contribution < -0.4 is 9.47 Å². The average Bonchev–Trinajstić information content (AvgIpc) is 2.45. The molecule has 2 rings (SSSR count). The number of hydrogen-bond acceptors (Lipinski definition) is 3. The third-order valence-corrected chi connectivity index (χ3v) is 3.41. The number of rotatable bonds is 4. The predicted molar refractivity (Wildman–Crippen MR) is 82.1 cm³/mol. The Morgan fingerprint density at radius 2 is 1.84 bits per heavy atom. The van der Waals surface area contributed by atoms with E-state index in [-0.39, 0.29) is 5.78 Å². The van der Waals surface area contributed by atoms with Gasteiger partial charge >= 0.3 is 0 Å². The Kier molecular flexibility index (Phi) is 4.42. The van der Waals surface area contributed by atoms with E-state index in [9.17, 15) is 4.79 Å². The molecule has 2 aromatic rings. The maximum Gasteiger partial charge on any atom is 0.196 e. The highest BCUT2D eigenvalue weighted by molar-refractivity contribution is 14.1. The topological polar surface area (TPSA) is 35.5 Å². The summed E-state index contributed by atoms with van der Waals surface area (Å²) in [6.07, 6.45) is 0. The number of carbonyl (C=O) groups is 1. The molecule has 4 heteroatoms. The first-order valence-corrected chi connectivity index (χ1v) is 6.76. The van der Waals surface area contributed by atoms with Crippen molar-refractivity contribution < 1.29 is 14.3 Å². The van der Waals surface area contributed by atoms with Crippen molar-refractivity contribution in [2.45, 2.75) is 0 Å². The number of hydrogen-bond donors (Lipinski definition) is 0. The number of carbonyl (C=O) groups excluding carboxylic acids is 1. The molecule has 0 amide bonds. The third kappa shape index (κ3) is 3.07. The standard InChI is InChI=1S/C15H13IO3/c1-18-12-6-7-14(19-2)13(9-12)15(17)10-4-3-5-11(16)8-10/h3-9H,1-2H3. The molecule has 0 aliphatic carbocycles. The van der Waals surface area contributed by atoms with Crippen LogP contribution in [0.15, 0.2) is 42.5 Å². The highest BCUT2D eigenvalue weighted by Crippen LogP contribution is 2.26. The zero-order valence-corrected chi connectivity index (χ0v) is 12.8. The lowest BCUT2D eigenvalue weighted by atomic mass is 10.0. The van der Waals surface area contributed by atoms with Crippen LogP contribution in [0.3, 0.4) is 0 Å². The summed E-state index contributed by atoms with van der Waals surface area (Å²) in [7, 11) is 3.12. The highest BCUT2D eigenvalue weighted by atomic mass is 127. The fraction of sp³-hybridized carbons (Fsp3) is 0.133. The van der Waals surface area contributed by atoms with E-state index in [1.165, 1.54) is 0 Å². The van der Waals surface area contributed by atoms with E-state index in [1.807, 2.05) is 18.2 Å². The van der Waals surface area contributed by atoms with Crippen molar-refractivity contribution in [3.8, 4) is 11.5 Å². The van der Waals surface area contributed by atoms with Crippen LogP contribution in [0.5, 0.6) is 11.5 Å². The molecular weight excluding hydrogens is 355 g/mol. The fourth-order valence-electron chi connectivity index (χ4n) is 1.78. The number of ketones is 1. The van der Waals surface area contributed by atoms with E-state index in [0.717, 1.165) is 3.57 Å². The second kappa shape index (κ2) is 6.06. The summed E-state index contributed by atoms with van der Waals surface area (Å²) < 4.78 is 11.4. The van der Waals surface area contributed by atoms with Gasteiger partial charge in [0.25, 0.3) is 0 Å². The second-order valence-corrected chi connectivity index (χ2v) is 5.15. The Balaban J connectivity index is 2.48. The van der Waals surface area contributed by atoms with Gasteiger partial charge in [0.05, 0.1) is 19.8 Å². The predicted octanol–water partition coefficient (Wildman–Crippen LogP) is 3.54. The number of benzene rings is 2. The zero-order chi connectivity index (χ0) is 13.8. The Bertz CT molecular complexity index is 608. The molecule has 0 aliphatic heterocycles. The quantitative estimate of drug-likeness (QED) is 0.612. The lowest BCUT2D eigenvalue weighted by molar-refractivity contribution is 0.103. The van der Waals surface area contributed by atoms with E-state index in [2.05, 4.69) is 22.6 Å². The molecule has 0 bridgehead atoms. The molecule has 0 aliphatic rings. The summed E-state index contributed by atoms with van der Waals surface area (Å²) in [6, 6.07) is 12.7. The molecule has 0 N–H and O–H groups in total. The number of halogens is 1. The van der Waals surface area contributed by atoms with E-state index in [0.29, 0.717) is 22.6 Å². The summed E-state index contributed by atoms with van der Waals surface area (Å²) in [6.45, 7) is 0. The van der Waals surface area contributed by atoms with E-state index in [4.69, 9.17) is 9.47 Å². The molecule has 0 heterocycles. The van der Waals surface area contributed by atoms with Crippen LogP contribution in [0.2, 0.25) is 0 Å². The molecule has 0 aromatic heterocycles. The molecule has 0 spiro atoms. The summed E-state index contributed by atoms with van der Waals surface area (Å²) >= 11 is 2.18. The normalized spacial score (nSPS) is 10.1. The maximum atomic E-state index is 12.5. The lowest BCUT2D eigenvalue weighted by Crippen LogP contribution is -2.04. The van der Waals surface area contributed by atoms with Crippen molar-refractivity contribution in [3.05, 3.63) is 57.2 Å². The van der Waals surface area contributed by atoms with E-state index < -0.39 is 0 Å². The van der Waals surface area contributed by atoms with Crippen LogP contribution in [0.25, 0.3) is 0 Å². The zero-order valence-electron chi connectivity index (χ0n) is 10.6. The SMILES string of the molecule is COc1ccc(OC)c(C(=O)c2cccc(I)c2)c1. The van der Waals surface area contributed by atoms with Crippen LogP contribution in [0.4, 0.5) is 0 Å². The van der Waals surface area contributed by atoms with Gasteiger partial charge in [-0.15, -0.1) is 0 Å². The molecule has 0 saturated carbocycles. The Morgan fingerprint density at radius 3 is 2.47 bits per heavy atom. The Morgan fingerprint density at radius 1 is 1.05 bits per heavy atom. The minimum atomic E-state index is -0.0748. The van der Waals surface area contributed by atoms with Gasteiger partial charge in [0.1, 0.15) is 11.5 Å². The van der Waals surface area contributed by atoms with E-state index in [1.54, 1.807) is 38.5 Å². The monoisotopic (exact) mass is 368 g/mol. The van der Waals surface area contributed by atoms with Crippen LogP contribution in [0.1, 0.15) is 15.9 Å². The molecule has 0 atom stereocenters. The molecule has 3 nitrogen and oxygen atoms in total. The van der Waals surface area contributed by atoms with Crippen LogP contribution >= 0.6 is 22.6 Å². The maximum absolute atomic E-state index is 12.5. The van der Waals surface area contributed by atoms with Gasteiger partial charge in [0.15, 0.2) is 5.78 Å². The van der Waals surface area contributed by atoms with Gasteiger partial charge in [0, 0.05) is 9.13 Å². The van der Waals surface area contributed by atoms with Gasteiger partial charge in [-0.2, -0.15) is 0 Å². The van der Waals surface area contributed by atoms with Gasteiger partial charge in [-0.3, -0.25) is 4.79 Å². The fourth-order valence-corrected chi connectivity index (χ4v) is 2.32. The first-order valence-electron chi connectivity index (χ1n) is 5.68. The number of ether oxygens (including phenoxy) is 2. The summed E-state index contributed by atoms with van der Waals surface area (Å²) in [4.78, 5) is 12.5. The van der Waals surface area contributed by atoms with Crippen molar-refractivity contribution in [3.63, 3.8) is 0 Å². The molecule has 19 heavy (non-hydrogen) atoms. The van der Waals surface area contributed by atoms with Gasteiger partial charge < -0.3 is 9.47 Å². The molecule has 2 aromatic carbocycles. The molecule has 0 radical (unpaired) electrons. The van der Waals surface area contributed by atoms with Crippen molar-refractivity contribution in [1.82, 2.24) is 0 Å². The third-order valence-electron chi connectivity index (χ3n) is 2.74. The van der Waals surface area contributed by atoms with Crippen LogP contribution in [0, 0.1) is 3.57 Å².